The predicted molar refractivity (Wildman–Crippen MR) is 43.4 cm³/mol. The van der Waals surface area contributed by atoms with E-state index in [0.29, 0.717) is 0 Å². The summed E-state index contributed by atoms with van der Waals surface area (Å²) in [6, 6.07) is 1.99. The highest BCUT2D eigenvalue weighted by Gasteiger charge is 2.19. The van der Waals surface area contributed by atoms with Gasteiger partial charge in [0.05, 0.1) is 18.4 Å². The molecule has 1 aromatic rings. The van der Waals surface area contributed by atoms with Gasteiger partial charge < -0.3 is 9.72 Å². The van der Waals surface area contributed by atoms with Gasteiger partial charge in [0.15, 0.2) is 0 Å². The molecule has 0 atom stereocenters. The van der Waals surface area contributed by atoms with E-state index in [1.165, 1.54) is 0 Å². The van der Waals surface area contributed by atoms with Gasteiger partial charge in [0.2, 0.25) is 5.56 Å². The van der Waals surface area contributed by atoms with E-state index in [4.69, 9.17) is 0 Å². The van der Waals surface area contributed by atoms with Gasteiger partial charge in [0.25, 0.3) is 6.43 Å². The molecule has 0 aliphatic heterocycles. The third kappa shape index (κ3) is 1.95. The molecule has 6 heteroatoms. The van der Waals surface area contributed by atoms with Gasteiger partial charge in [0, 0.05) is 6.07 Å². The molecule has 4 nitrogen and oxygen atoms in total. The monoisotopic (exact) mass is 203 g/mol. The first-order valence-corrected chi connectivity index (χ1v) is 3.66. The van der Waals surface area contributed by atoms with Crippen molar-refractivity contribution >= 4 is 5.97 Å². The number of carbonyl (C=O) groups is 1. The van der Waals surface area contributed by atoms with E-state index in [2.05, 4.69) is 4.74 Å². The summed E-state index contributed by atoms with van der Waals surface area (Å²) in [6.07, 6.45) is -2.92. The molecule has 1 N–H and O–H groups in total. The summed E-state index contributed by atoms with van der Waals surface area (Å²) in [5.41, 5.74) is -1.74. The molecule has 1 heterocycles. The van der Waals surface area contributed by atoms with Crippen molar-refractivity contribution in [1.82, 2.24) is 4.98 Å². The number of esters is 1. The summed E-state index contributed by atoms with van der Waals surface area (Å²) in [4.78, 5) is 23.6. The van der Waals surface area contributed by atoms with E-state index in [1.807, 2.05) is 4.98 Å². The third-order valence-electron chi connectivity index (χ3n) is 1.57. The normalized spacial score (nSPS) is 10.3. The molecule has 1 rings (SSSR count). The van der Waals surface area contributed by atoms with E-state index in [1.54, 1.807) is 0 Å². The second kappa shape index (κ2) is 3.99. The van der Waals surface area contributed by atoms with E-state index in [9.17, 15) is 18.4 Å². The Morgan fingerprint density at radius 2 is 2.14 bits per heavy atom. The summed E-state index contributed by atoms with van der Waals surface area (Å²) in [7, 11) is 1.07. The van der Waals surface area contributed by atoms with E-state index >= 15 is 0 Å². The van der Waals surface area contributed by atoms with Crippen LogP contribution in [0.3, 0.4) is 0 Å². The van der Waals surface area contributed by atoms with Crippen molar-refractivity contribution in [3.63, 3.8) is 0 Å². The summed E-state index contributed by atoms with van der Waals surface area (Å²) >= 11 is 0. The molecule has 76 valence electrons. The highest BCUT2D eigenvalue weighted by Crippen LogP contribution is 2.19. The van der Waals surface area contributed by atoms with Crippen LogP contribution < -0.4 is 5.56 Å². The number of carbonyl (C=O) groups excluding carboxylic acids is 1. The molecular weight excluding hydrogens is 196 g/mol. The van der Waals surface area contributed by atoms with Crippen molar-refractivity contribution in [2.45, 2.75) is 6.43 Å². The number of alkyl halides is 2. The van der Waals surface area contributed by atoms with Gasteiger partial charge in [-0.25, -0.2) is 13.6 Å². The maximum absolute atomic E-state index is 12.3. The fourth-order valence-corrected chi connectivity index (χ4v) is 0.951. The summed E-state index contributed by atoms with van der Waals surface area (Å²) < 4.78 is 28.9. The van der Waals surface area contributed by atoms with Crippen molar-refractivity contribution in [2.75, 3.05) is 7.11 Å². The molecule has 0 fully saturated rings. The Balaban J connectivity index is 3.28. The van der Waals surface area contributed by atoms with E-state index in [0.717, 1.165) is 19.2 Å². The number of aromatic nitrogens is 1. The standard InChI is InChI=1S/C8H7F2NO3/c1-14-8(13)4-2-3-5(12)11-6(4)7(9)10/h2-3,7H,1H3,(H,11,12). The van der Waals surface area contributed by atoms with Crippen LogP contribution in [-0.2, 0) is 4.74 Å². The lowest BCUT2D eigenvalue weighted by Gasteiger charge is -2.05. The van der Waals surface area contributed by atoms with E-state index in [-0.39, 0.29) is 5.56 Å². The number of pyridine rings is 1. The Morgan fingerprint density at radius 3 is 2.64 bits per heavy atom. The van der Waals surface area contributed by atoms with Crippen LogP contribution in [0.1, 0.15) is 22.5 Å². The fraction of sp³-hybridized carbons (Fsp3) is 0.250. The minimum Gasteiger partial charge on any atom is -0.465 e. The molecule has 0 spiro atoms. The zero-order chi connectivity index (χ0) is 10.7. The van der Waals surface area contributed by atoms with Crippen LogP contribution in [0.5, 0.6) is 0 Å². The molecule has 0 saturated carbocycles. The highest BCUT2D eigenvalue weighted by atomic mass is 19.3. The average Bonchev–Trinajstić information content (AvgIpc) is 2.16. The van der Waals surface area contributed by atoms with E-state index < -0.39 is 23.6 Å². The lowest BCUT2D eigenvalue weighted by Crippen LogP contribution is -2.14. The summed E-state index contributed by atoms with van der Waals surface area (Å²) in [5, 5.41) is 0. The summed E-state index contributed by atoms with van der Waals surface area (Å²) in [5.74, 6) is -0.906. The number of hydrogen-bond donors (Lipinski definition) is 1. The number of hydrogen-bond acceptors (Lipinski definition) is 3. The number of ether oxygens (including phenoxy) is 1. The van der Waals surface area contributed by atoms with Gasteiger partial charge in [0.1, 0.15) is 0 Å². The van der Waals surface area contributed by atoms with Gasteiger partial charge in [-0.3, -0.25) is 4.79 Å². The van der Waals surface area contributed by atoms with Crippen LogP contribution in [0.4, 0.5) is 8.78 Å². The van der Waals surface area contributed by atoms with Crippen LogP contribution in [-0.4, -0.2) is 18.1 Å². The van der Waals surface area contributed by atoms with Gasteiger partial charge in [-0.2, -0.15) is 0 Å². The zero-order valence-corrected chi connectivity index (χ0v) is 7.21. The second-order valence-electron chi connectivity index (χ2n) is 2.44. The van der Waals surface area contributed by atoms with Crippen molar-refractivity contribution in [1.29, 1.82) is 0 Å². The Hall–Kier alpha value is -1.72. The van der Waals surface area contributed by atoms with Gasteiger partial charge in [-0.15, -0.1) is 0 Å². The Labute approximate surface area is 77.5 Å². The average molecular weight is 203 g/mol. The third-order valence-corrected chi connectivity index (χ3v) is 1.57. The Bertz CT molecular complexity index is 400. The minimum atomic E-state index is -2.92. The molecule has 1 aromatic heterocycles. The number of aromatic amines is 1. The first kappa shape index (κ1) is 10.4. The van der Waals surface area contributed by atoms with Crippen LogP contribution in [0.2, 0.25) is 0 Å². The molecule has 0 bridgehead atoms. The molecule has 0 aliphatic rings. The topological polar surface area (TPSA) is 59.2 Å². The lowest BCUT2D eigenvalue weighted by atomic mass is 10.2. The van der Waals surface area contributed by atoms with Crippen LogP contribution in [0.15, 0.2) is 16.9 Å². The first-order chi connectivity index (χ1) is 6.56. The Morgan fingerprint density at radius 1 is 1.50 bits per heavy atom. The number of nitrogens with one attached hydrogen (secondary N) is 1. The van der Waals surface area contributed by atoms with Crippen LogP contribution >= 0.6 is 0 Å². The number of H-pyrrole nitrogens is 1. The van der Waals surface area contributed by atoms with Crippen molar-refractivity contribution < 1.29 is 18.3 Å². The van der Waals surface area contributed by atoms with Crippen LogP contribution in [0.25, 0.3) is 0 Å². The minimum absolute atomic E-state index is 0.331. The maximum Gasteiger partial charge on any atom is 0.339 e. The van der Waals surface area contributed by atoms with Crippen LogP contribution in [0, 0.1) is 0 Å². The summed E-state index contributed by atoms with van der Waals surface area (Å²) in [6.45, 7) is 0. The van der Waals surface area contributed by atoms with Crippen molar-refractivity contribution in [2.24, 2.45) is 0 Å². The number of halogens is 2. The van der Waals surface area contributed by atoms with Gasteiger partial charge >= 0.3 is 5.97 Å². The quantitative estimate of drug-likeness (QED) is 0.732. The number of rotatable bonds is 2. The van der Waals surface area contributed by atoms with Gasteiger partial charge in [-0.05, 0) is 6.07 Å². The molecule has 0 aromatic carbocycles. The fourth-order valence-electron chi connectivity index (χ4n) is 0.951. The molecule has 0 aliphatic carbocycles. The molecule has 14 heavy (non-hydrogen) atoms. The first-order valence-electron chi connectivity index (χ1n) is 3.66. The largest absolute Gasteiger partial charge is 0.465 e. The van der Waals surface area contributed by atoms with Gasteiger partial charge in [-0.1, -0.05) is 0 Å². The predicted octanol–water partition coefficient (Wildman–Crippen LogP) is 1.10. The SMILES string of the molecule is COC(=O)c1ccc(=O)[nH]c1C(F)F. The smallest absolute Gasteiger partial charge is 0.339 e. The molecular formula is C8H7F2NO3. The zero-order valence-electron chi connectivity index (χ0n) is 7.21. The van der Waals surface area contributed by atoms with Crippen molar-refractivity contribution in [3.8, 4) is 0 Å². The molecule has 0 saturated heterocycles. The molecule has 0 unspecified atom stereocenters. The lowest BCUT2D eigenvalue weighted by molar-refractivity contribution is 0.0587. The molecule has 0 amide bonds. The maximum atomic E-state index is 12.3. The highest BCUT2D eigenvalue weighted by molar-refractivity contribution is 5.90. The molecule has 0 radical (unpaired) electrons. The number of methoxy groups -OCH3 is 1. The Kier molecular flexibility index (Phi) is 2.95. The second-order valence-corrected chi connectivity index (χ2v) is 2.44. The van der Waals surface area contributed by atoms with Crippen molar-refractivity contribution in [3.05, 3.63) is 33.7 Å².